The van der Waals surface area contributed by atoms with Crippen LogP contribution in [0.3, 0.4) is 0 Å². The van der Waals surface area contributed by atoms with Gasteiger partial charge in [-0.1, -0.05) is 18.2 Å². The lowest BCUT2D eigenvalue weighted by Gasteiger charge is -2.38. The predicted octanol–water partition coefficient (Wildman–Crippen LogP) is 3.52. The van der Waals surface area contributed by atoms with Crippen molar-refractivity contribution in [3.63, 3.8) is 0 Å². The van der Waals surface area contributed by atoms with Crippen molar-refractivity contribution in [2.75, 3.05) is 47.6 Å². The number of aliphatic imine (C=N–C) groups is 1. The molecule has 1 aliphatic heterocycles. The van der Waals surface area contributed by atoms with Crippen molar-refractivity contribution >= 4 is 5.96 Å². The Kier molecular flexibility index (Phi) is 8.62. The van der Waals surface area contributed by atoms with E-state index in [0.717, 1.165) is 55.6 Å². The van der Waals surface area contributed by atoms with Crippen LogP contribution in [0.2, 0.25) is 0 Å². The number of benzene rings is 2. The molecule has 0 spiro atoms. The third-order valence-electron chi connectivity index (χ3n) is 5.95. The number of methoxy groups -OCH3 is 2. The molecule has 0 unspecified atom stereocenters. The molecule has 2 aromatic rings. The van der Waals surface area contributed by atoms with Gasteiger partial charge in [0.25, 0.3) is 0 Å². The number of rotatable bonds is 9. The summed E-state index contributed by atoms with van der Waals surface area (Å²) in [7, 11) is 5.07. The lowest BCUT2D eigenvalue weighted by Crippen LogP contribution is -2.47. The molecule has 1 heterocycles. The Morgan fingerprint density at radius 3 is 2.34 bits per heavy atom. The minimum atomic E-state index is -0.00997. The van der Waals surface area contributed by atoms with Gasteiger partial charge in [0, 0.05) is 38.8 Å². The third kappa shape index (κ3) is 5.85. The average molecular weight is 442 g/mol. The van der Waals surface area contributed by atoms with Gasteiger partial charge < -0.3 is 29.6 Å². The fourth-order valence-electron chi connectivity index (χ4n) is 4.05. The molecule has 0 radical (unpaired) electrons. The fourth-order valence-corrected chi connectivity index (χ4v) is 4.05. The first-order valence-electron chi connectivity index (χ1n) is 11.1. The molecule has 1 saturated heterocycles. The highest BCUT2D eigenvalue weighted by molar-refractivity contribution is 5.79. The van der Waals surface area contributed by atoms with Crippen LogP contribution >= 0.6 is 0 Å². The van der Waals surface area contributed by atoms with Crippen LogP contribution in [0.4, 0.5) is 0 Å². The van der Waals surface area contributed by atoms with E-state index in [9.17, 15) is 0 Å². The van der Waals surface area contributed by atoms with Gasteiger partial charge in [-0.15, -0.1) is 0 Å². The van der Waals surface area contributed by atoms with Crippen LogP contribution in [0.25, 0.3) is 0 Å². The molecular formula is C25H35N3O4. The van der Waals surface area contributed by atoms with Gasteiger partial charge >= 0.3 is 0 Å². The highest BCUT2D eigenvalue weighted by atomic mass is 16.5. The maximum absolute atomic E-state index is 5.67. The first-order chi connectivity index (χ1) is 15.6. The highest BCUT2D eigenvalue weighted by Crippen LogP contribution is 2.35. The molecule has 7 nitrogen and oxygen atoms in total. The summed E-state index contributed by atoms with van der Waals surface area (Å²) in [5.41, 5.74) is 2.37. The zero-order valence-electron chi connectivity index (χ0n) is 19.6. The minimum Gasteiger partial charge on any atom is -0.494 e. The second kappa shape index (κ2) is 11.6. The Labute approximate surface area is 191 Å². The largest absolute Gasteiger partial charge is 0.494 e. The fraction of sp³-hybridized carbons (Fsp3) is 0.480. The van der Waals surface area contributed by atoms with E-state index >= 15 is 0 Å². The number of ether oxygens (including phenoxy) is 4. The number of guanidine groups is 1. The SMILES string of the molecule is CCOc1ccc(C2(CNC(=NC)NCc3ccc(OC)c(OC)c3)CCOCC2)cc1. The van der Waals surface area contributed by atoms with Crippen molar-refractivity contribution in [2.24, 2.45) is 4.99 Å². The smallest absolute Gasteiger partial charge is 0.191 e. The monoisotopic (exact) mass is 441 g/mol. The van der Waals surface area contributed by atoms with Crippen LogP contribution in [0, 0.1) is 0 Å². The Balaban J connectivity index is 1.65. The Morgan fingerprint density at radius 2 is 1.72 bits per heavy atom. The molecule has 0 amide bonds. The topological polar surface area (TPSA) is 73.3 Å². The minimum absolute atomic E-state index is 0.00997. The lowest BCUT2D eigenvalue weighted by atomic mass is 9.74. The molecule has 0 aromatic heterocycles. The van der Waals surface area contributed by atoms with E-state index in [2.05, 4.69) is 39.9 Å². The molecule has 2 aromatic carbocycles. The normalized spacial score (nSPS) is 15.7. The quantitative estimate of drug-likeness (QED) is 0.458. The third-order valence-corrected chi connectivity index (χ3v) is 5.95. The molecule has 2 N–H and O–H groups in total. The van der Waals surface area contributed by atoms with Gasteiger partial charge in [0.1, 0.15) is 5.75 Å². The van der Waals surface area contributed by atoms with Crippen LogP contribution in [-0.4, -0.2) is 53.6 Å². The summed E-state index contributed by atoms with van der Waals surface area (Å²) < 4.78 is 22.0. The molecule has 0 atom stereocenters. The summed E-state index contributed by atoms with van der Waals surface area (Å²) in [5.74, 6) is 3.09. The van der Waals surface area contributed by atoms with Crippen molar-refractivity contribution in [3.8, 4) is 17.2 Å². The summed E-state index contributed by atoms with van der Waals surface area (Å²) in [5, 5.41) is 6.94. The maximum atomic E-state index is 5.67. The van der Waals surface area contributed by atoms with Crippen molar-refractivity contribution in [1.29, 1.82) is 0 Å². The molecule has 0 saturated carbocycles. The van der Waals surface area contributed by atoms with Gasteiger partial charge in [-0.3, -0.25) is 4.99 Å². The predicted molar refractivity (Wildman–Crippen MR) is 127 cm³/mol. The standard InChI is InChI=1S/C25H35N3O4/c1-5-32-21-9-7-20(8-10-21)25(12-14-31-15-13-25)18-28-24(26-2)27-17-19-6-11-22(29-3)23(16-19)30-4/h6-11,16H,5,12-15,17-18H2,1-4H3,(H2,26,27,28). The summed E-state index contributed by atoms with van der Waals surface area (Å²) in [6.45, 7) is 5.58. The van der Waals surface area contributed by atoms with E-state index < -0.39 is 0 Å². The van der Waals surface area contributed by atoms with Gasteiger partial charge in [-0.2, -0.15) is 0 Å². The summed E-state index contributed by atoms with van der Waals surface area (Å²) in [6.07, 6.45) is 1.92. The van der Waals surface area contributed by atoms with E-state index in [1.165, 1.54) is 5.56 Å². The average Bonchev–Trinajstić information content (AvgIpc) is 2.85. The first kappa shape index (κ1) is 23.7. The summed E-state index contributed by atoms with van der Waals surface area (Å²) in [6, 6.07) is 14.4. The van der Waals surface area contributed by atoms with Crippen molar-refractivity contribution in [1.82, 2.24) is 10.6 Å². The van der Waals surface area contributed by atoms with Gasteiger partial charge in [0.2, 0.25) is 0 Å². The zero-order chi connectivity index (χ0) is 22.8. The molecular weight excluding hydrogens is 406 g/mol. The van der Waals surface area contributed by atoms with Crippen molar-refractivity contribution in [2.45, 2.75) is 31.7 Å². The van der Waals surface area contributed by atoms with Gasteiger partial charge in [-0.25, -0.2) is 0 Å². The second-order valence-electron chi connectivity index (χ2n) is 7.82. The number of hydrogen-bond acceptors (Lipinski definition) is 5. The van der Waals surface area contributed by atoms with E-state index in [-0.39, 0.29) is 5.41 Å². The highest BCUT2D eigenvalue weighted by Gasteiger charge is 2.34. The number of nitrogens with zero attached hydrogens (tertiary/aromatic N) is 1. The van der Waals surface area contributed by atoms with E-state index in [1.54, 1.807) is 21.3 Å². The number of nitrogens with one attached hydrogen (secondary N) is 2. The summed E-state index contributed by atoms with van der Waals surface area (Å²) >= 11 is 0. The molecule has 1 fully saturated rings. The molecule has 32 heavy (non-hydrogen) atoms. The van der Waals surface area contributed by atoms with Crippen LogP contribution < -0.4 is 24.8 Å². The zero-order valence-corrected chi connectivity index (χ0v) is 19.6. The van der Waals surface area contributed by atoms with Gasteiger partial charge in [0.15, 0.2) is 17.5 Å². The van der Waals surface area contributed by atoms with Crippen LogP contribution in [0.1, 0.15) is 30.9 Å². The van der Waals surface area contributed by atoms with Crippen molar-refractivity contribution in [3.05, 3.63) is 53.6 Å². The Hall–Kier alpha value is -2.93. The molecule has 0 bridgehead atoms. The molecule has 174 valence electrons. The van der Waals surface area contributed by atoms with E-state index in [1.807, 2.05) is 25.1 Å². The van der Waals surface area contributed by atoms with Crippen molar-refractivity contribution < 1.29 is 18.9 Å². The Morgan fingerprint density at radius 1 is 1.00 bits per heavy atom. The van der Waals surface area contributed by atoms with Crippen LogP contribution in [-0.2, 0) is 16.7 Å². The lowest BCUT2D eigenvalue weighted by molar-refractivity contribution is 0.0513. The molecule has 3 rings (SSSR count). The Bertz CT molecular complexity index is 877. The summed E-state index contributed by atoms with van der Waals surface area (Å²) in [4.78, 5) is 4.41. The van der Waals surface area contributed by atoms with Crippen LogP contribution in [0.15, 0.2) is 47.5 Å². The van der Waals surface area contributed by atoms with Gasteiger partial charge in [-0.05, 0) is 55.2 Å². The van der Waals surface area contributed by atoms with E-state index in [4.69, 9.17) is 18.9 Å². The molecule has 1 aliphatic rings. The second-order valence-corrected chi connectivity index (χ2v) is 7.82. The molecule has 7 heteroatoms. The van der Waals surface area contributed by atoms with Crippen LogP contribution in [0.5, 0.6) is 17.2 Å². The first-order valence-corrected chi connectivity index (χ1v) is 11.1. The van der Waals surface area contributed by atoms with Gasteiger partial charge in [0.05, 0.1) is 20.8 Å². The maximum Gasteiger partial charge on any atom is 0.191 e. The number of hydrogen-bond donors (Lipinski definition) is 2. The van der Waals surface area contributed by atoms with E-state index in [0.29, 0.717) is 18.9 Å². The molecule has 0 aliphatic carbocycles.